The van der Waals surface area contributed by atoms with E-state index in [-0.39, 0.29) is 10.8 Å². The van der Waals surface area contributed by atoms with Crippen LogP contribution in [-0.4, -0.2) is 5.78 Å². The maximum atomic E-state index is 12.2. The summed E-state index contributed by atoms with van der Waals surface area (Å²) in [6.45, 7) is 10.0. The monoisotopic (exact) mass is 208 g/mol. The lowest BCUT2D eigenvalue weighted by Crippen LogP contribution is -2.29. The molecule has 0 aromatic carbocycles. The van der Waals surface area contributed by atoms with Crippen LogP contribution in [0.2, 0.25) is 0 Å². The third-order valence-corrected chi connectivity index (χ3v) is 3.85. The number of hydrogen-bond acceptors (Lipinski definition) is 1. The largest absolute Gasteiger partial charge is 0.298 e. The van der Waals surface area contributed by atoms with Crippen molar-refractivity contribution in [3.8, 4) is 0 Å². The van der Waals surface area contributed by atoms with E-state index >= 15 is 0 Å². The van der Waals surface area contributed by atoms with Crippen molar-refractivity contribution in [2.45, 2.75) is 59.3 Å². The van der Waals surface area contributed by atoms with E-state index in [9.17, 15) is 4.79 Å². The van der Waals surface area contributed by atoms with Gasteiger partial charge in [0.15, 0.2) is 0 Å². The molecule has 0 N–H and O–H groups in total. The van der Waals surface area contributed by atoms with Gasteiger partial charge in [0, 0.05) is 10.8 Å². The van der Waals surface area contributed by atoms with Crippen LogP contribution >= 0.6 is 0 Å². The smallest absolute Gasteiger partial charge is 0.144 e. The summed E-state index contributed by atoms with van der Waals surface area (Å²) in [6.07, 6.45) is 8.56. The summed E-state index contributed by atoms with van der Waals surface area (Å²) in [5, 5.41) is 0. The molecule has 1 atom stereocenters. The van der Waals surface area contributed by atoms with Crippen molar-refractivity contribution in [3.63, 3.8) is 0 Å². The minimum atomic E-state index is -0.0762. The van der Waals surface area contributed by atoms with Crippen LogP contribution < -0.4 is 0 Å². The van der Waals surface area contributed by atoms with Crippen LogP contribution in [-0.2, 0) is 4.79 Å². The standard InChI is InChI=1S/C14H24O/c1-5-6-7-8-9-14(4)11-10-13(2,3)12(14)15/h5H,1,6-11H2,2-4H3. The van der Waals surface area contributed by atoms with Gasteiger partial charge in [-0.2, -0.15) is 0 Å². The first-order valence-corrected chi connectivity index (χ1v) is 6.08. The molecule has 0 radical (unpaired) electrons. The van der Waals surface area contributed by atoms with Crippen LogP contribution in [0, 0.1) is 10.8 Å². The Morgan fingerprint density at radius 2 is 1.93 bits per heavy atom. The predicted octanol–water partition coefficient (Wildman–Crippen LogP) is 4.13. The number of rotatable bonds is 5. The molecule has 15 heavy (non-hydrogen) atoms. The van der Waals surface area contributed by atoms with Crippen LogP contribution in [0.3, 0.4) is 0 Å². The molecular weight excluding hydrogens is 184 g/mol. The molecule has 0 aromatic rings. The topological polar surface area (TPSA) is 17.1 Å². The van der Waals surface area contributed by atoms with E-state index in [1.807, 2.05) is 6.08 Å². The summed E-state index contributed by atoms with van der Waals surface area (Å²) in [7, 11) is 0. The Kier molecular flexibility index (Phi) is 3.75. The first-order chi connectivity index (χ1) is 6.92. The van der Waals surface area contributed by atoms with Gasteiger partial charge < -0.3 is 0 Å². The summed E-state index contributed by atoms with van der Waals surface area (Å²) >= 11 is 0. The fourth-order valence-electron chi connectivity index (χ4n) is 2.67. The van der Waals surface area contributed by atoms with Gasteiger partial charge >= 0.3 is 0 Å². The van der Waals surface area contributed by atoms with Gasteiger partial charge in [0.25, 0.3) is 0 Å². The fourth-order valence-corrected chi connectivity index (χ4v) is 2.67. The second-order valence-electron chi connectivity index (χ2n) is 5.81. The van der Waals surface area contributed by atoms with E-state index in [4.69, 9.17) is 0 Å². The van der Waals surface area contributed by atoms with Crippen molar-refractivity contribution < 1.29 is 4.79 Å². The third kappa shape index (κ3) is 2.70. The molecule has 1 aliphatic carbocycles. The maximum Gasteiger partial charge on any atom is 0.144 e. The Morgan fingerprint density at radius 3 is 2.40 bits per heavy atom. The van der Waals surface area contributed by atoms with E-state index in [1.54, 1.807) is 0 Å². The number of allylic oxidation sites excluding steroid dienone is 1. The predicted molar refractivity (Wildman–Crippen MR) is 64.8 cm³/mol. The Morgan fingerprint density at radius 1 is 1.27 bits per heavy atom. The molecule has 1 unspecified atom stereocenters. The SMILES string of the molecule is C=CCCCCC1(C)CCC(C)(C)C1=O. The number of carbonyl (C=O) groups excluding carboxylic acids is 1. The Bertz CT molecular complexity index is 252. The van der Waals surface area contributed by atoms with Crippen molar-refractivity contribution in [2.24, 2.45) is 10.8 Å². The number of Topliss-reactive ketones (excluding diaryl/α,β-unsaturated/α-hetero) is 1. The van der Waals surface area contributed by atoms with Crippen molar-refractivity contribution >= 4 is 5.78 Å². The number of unbranched alkanes of at least 4 members (excludes halogenated alkanes) is 2. The maximum absolute atomic E-state index is 12.2. The van der Waals surface area contributed by atoms with Crippen LogP contribution in [0.1, 0.15) is 59.3 Å². The van der Waals surface area contributed by atoms with Crippen molar-refractivity contribution in [1.29, 1.82) is 0 Å². The molecular formula is C14H24O. The molecule has 0 aliphatic heterocycles. The van der Waals surface area contributed by atoms with Gasteiger partial charge in [-0.1, -0.05) is 33.3 Å². The van der Waals surface area contributed by atoms with Gasteiger partial charge in [-0.3, -0.25) is 4.79 Å². The zero-order valence-electron chi connectivity index (χ0n) is 10.4. The summed E-state index contributed by atoms with van der Waals surface area (Å²) in [6, 6.07) is 0. The average Bonchev–Trinajstić information content (AvgIpc) is 2.39. The lowest BCUT2D eigenvalue weighted by molar-refractivity contribution is -0.132. The van der Waals surface area contributed by atoms with Gasteiger partial charge in [-0.25, -0.2) is 0 Å². The zero-order chi connectivity index (χ0) is 11.5. The number of ketones is 1. The van der Waals surface area contributed by atoms with Gasteiger partial charge in [0.05, 0.1) is 0 Å². The van der Waals surface area contributed by atoms with Crippen molar-refractivity contribution in [3.05, 3.63) is 12.7 Å². The second kappa shape index (κ2) is 4.51. The molecule has 0 spiro atoms. The molecule has 86 valence electrons. The highest BCUT2D eigenvalue weighted by Crippen LogP contribution is 2.48. The second-order valence-corrected chi connectivity index (χ2v) is 5.81. The molecule has 0 amide bonds. The molecule has 0 heterocycles. The Balaban J connectivity index is 2.47. The van der Waals surface area contributed by atoms with E-state index in [0.717, 1.165) is 32.1 Å². The number of hydrogen-bond donors (Lipinski definition) is 0. The van der Waals surface area contributed by atoms with Gasteiger partial charge in [0.1, 0.15) is 5.78 Å². The minimum Gasteiger partial charge on any atom is -0.298 e. The quantitative estimate of drug-likeness (QED) is 0.490. The highest BCUT2D eigenvalue weighted by Gasteiger charge is 2.47. The molecule has 1 saturated carbocycles. The molecule has 1 rings (SSSR count). The summed E-state index contributed by atoms with van der Waals surface area (Å²) in [5.41, 5.74) is -0.113. The van der Waals surface area contributed by atoms with Crippen LogP contribution in [0.5, 0.6) is 0 Å². The van der Waals surface area contributed by atoms with Crippen molar-refractivity contribution in [1.82, 2.24) is 0 Å². The third-order valence-electron chi connectivity index (χ3n) is 3.85. The van der Waals surface area contributed by atoms with Crippen LogP contribution in [0.15, 0.2) is 12.7 Å². The van der Waals surface area contributed by atoms with Crippen molar-refractivity contribution in [2.75, 3.05) is 0 Å². The molecule has 1 heteroatoms. The van der Waals surface area contributed by atoms with E-state index in [1.165, 1.54) is 6.42 Å². The van der Waals surface area contributed by atoms with Crippen LogP contribution in [0.4, 0.5) is 0 Å². The number of carbonyl (C=O) groups is 1. The molecule has 1 nitrogen and oxygen atoms in total. The first-order valence-electron chi connectivity index (χ1n) is 6.08. The van der Waals surface area contributed by atoms with Gasteiger partial charge in [-0.05, 0) is 32.1 Å². The lowest BCUT2D eigenvalue weighted by Gasteiger charge is -2.24. The van der Waals surface area contributed by atoms with Crippen LogP contribution in [0.25, 0.3) is 0 Å². The Labute approximate surface area is 93.9 Å². The van der Waals surface area contributed by atoms with E-state index in [0.29, 0.717) is 5.78 Å². The zero-order valence-corrected chi connectivity index (χ0v) is 10.4. The highest BCUT2D eigenvalue weighted by atomic mass is 16.1. The summed E-state index contributed by atoms with van der Waals surface area (Å²) in [5.74, 6) is 0.480. The highest BCUT2D eigenvalue weighted by molar-refractivity contribution is 5.91. The normalized spacial score (nSPS) is 29.4. The molecule has 0 bridgehead atoms. The van der Waals surface area contributed by atoms with E-state index < -0.39 is 0 Å². The summed E-state index contributed by atoms with van der Waals surface area (Å²) in [4.78, 5) is 12.2. The lowest BCUT2D eigenvalue weighted by atomic mass is 9.78. The van der Waals surface area contributed by atoms with Gasteiger partial charge in [-0.15, -0.1) is 6.58 Å². The molecule has 0 aromatic heterocycles. The molecule has 0 saturated heterocycles. The van der Waals surface area contributed by atoms with E-state index in [2.05, 4.69) is 27.4 Å². The minimum absolute atomic E-state index is 0.0370. The summed E-state index contributed by atoms with van der Waals surface area (Å²) < 4.78 is 0. The van der Waals surface area contributed by atoms with Gasteiger partial charge in [0.2, 0.25) is 0 Å². The fraction of sp³-hybridized carbons (Fsp3) is 0.786. The Hall–Kier alpha value is -0.590. The average molecular weight is 208 g/mol. The molecule has 1 aliphatic rings. The molecule has 1 fully saturated rings. The first kappa shape index (κ1) is 12.5.